The van der Waals surface area contributed by atoms with Crippen molar-refractivity contribution < 1.29 is 14.0 Å². The first-order chi connectivity index (χ1) is 15.4. The smallest absolute Gasteiger partial charge is 0.324 e. The molecule has 0 saturated carbocycles. The van der Waals surface area contributed by atoms with Crippen molar-refractivity contribution in [2.24, 2.45) is 0 Å². The van der Waals surface area contributed by atoms with Gasteiger partial charge in [0.2, 0.25) is 5.91 Å². The van der Waals surface area contributed by atoms with Crippen LogP contribution in [0.25, 0.3) is 0 Å². The van der Waals surface area contributed by atoms with E-state index in [4.69, 9.17) is 0 Å². The van der Waals surface area contributed by atoms with Gasteiger partial charge in [0, 0.05) is 18.1 Å². The van der Waals surface area contributed by atoms with Crippen LogP contribution in [0.1, 0.15) is 29.2 Å². The molecule has 2 fully saturated rings. The summed E-state index contributed by atoms with van der Waals surface area (Å²) in [6, 6.07) is 11.9. The van der Waals surface area contributed by atoms with E-state index in [1.165, 1.54) is 17.1 Å². The summed E-state index contributed by atoms with van der Waals surface area (Å²) >= 11 is 0. The molecule has 166 valence electrons. The van der Waals surface area contributed by atoms with E-state index in [0.29, 0.717) is 0 Å². The number of hydrogen-bond acceptors (Lipinski definition) is 5. The maximum Gasteiger partial charge on any atom is 0.340 e. The molecule has 0 aliphatic carbocycles. The Bertz CT molecular complexity index is 1070. The predicted octanol–water partition coefficient (Wildman–Crippen LogP) is 2.75. The fraction of sp³-hybridized carbons (Fsp3) is 0.304. The van der Waals surface area contributed by atoms with Gasteiger partial charge in [0.1, 0.15) is 18.5 Å². The van der Waals surface area contributed by atoms with Gasteiger partial charge in [-0.15, -0.1) is 0 Å². The Morgan fingerprint density at radius 3 is 2.53 bits per heavy atom. The summed E-state index contributed by atoms with van der Waals surface area (Å²) in [7, 11) is 0. The van der Waals surface area contributed by atoms with Crippen molar-refractivity contribution in [3.8, 4) is 0 Å². The van der Waals surface area contributed by atoms with Gasteiger partial charge in [0.15, 0.2) is 0 Å². The van der Waals surface area contributed by atoms with Crippen molar-refractivity contribution in [2.75, 3.05) is 11.9 Å². The van der Waals surface area contributed by atoms with Gasteiger partial charge in [-0.05, 0) is 49.1 Å². The van der Waals surface area contributed by atoms with Crippen LogP contribution in [0.15, 0.2) is 54.9 Å². The van der Waals surface area contributed by atoms with Crippen molar-refractivity contribution in [2.45, 2.75) is 38.5 Å². The molecule has 0 bridgehead atoms. The number of nitrogens with one attached hydrogen (secondary N) is 3. The van der Waals surface area contributed by atoms with E-state index < -0.39 is 0 Å². The molecule has 0 aromatic heterocycles. The number of para-hydroxylation sites is 1. The number of urea groups is 1. The Hall–Kier alpha value is -3.43. The Labute approximate surface area is 185 Å². The molecule has 5 rings (SSSR count). The summed E-state index contributed by atoms with van der Waals surface area (Å²) in [6.07, 6.45) is 3.95. The molecule has 3 aliphatic heterocycles. The minimum atomic E-state index is -0.307. The lowest BCUT2D eigenvalue weighted by molar-refractivity contribution is -0.117. The van der Waals surface area contributed by atoms with Gasteiger partial charge >= 0.3 is 6.03 Å². The van der Waals surface area contributed by atoms with Gasteiger partial charge in [-0.1, -0.05) is 30.3 Å². The van der Waals surface area contributed by atoms with Crippen LogP contribution >= 0.6 is 0 Å². The van der Waals surface area contributed by atoms with E-state index >= 15 is 0 Å². The topological polar surface area (TPSA) is 80.0 Å². The average molecular weight is 436 g/mol. The van der Waals surface area contributed by atoms with Crippen LogP contribution in [0.2, 0.25) is 0 Å². The van der Waals surface area contributed by atoms with Gasteiger partial charge in [-0.2, -0.15) is 0 Å². The first kappa shape index (κ1) is 20.5. The summed E-state index contributed by atoms with van der Waals surface area (Å²) in [5.41, 5.74) is 10.3. The number of aryl methyl sites for hydroxylation is 2. The van der Waals surface area contributed by atoms with Crippen LogP contribution in [0.3, 0.4) is 0 Å². The highest BCUT2D eigenvalue weighted by atomic mass is 19.1. The van der Waals surface area contributed by atoms with Crippen molar-refractivity contribution in [3.05, 3.63) is 77.4 Å². The lowest BCUT2D eigenvalue weighted by Gasteiger charge is -2.34. The molecule has 3 unspecified atom stereocenters. The molecule has 3 aliphatic rings. The van der Waals surface area contributed by atoms with E-state index in [-0.39, 0.29) is 42.5 Å². The first-order valence-electron chi connectivity index (χ1n) is 10.6. The zero-order valence-corrected chi connectivity index (χ0v) is 17.9. The minimum absolute atomic E-state index is 0.00322. The molecule has 2 aromatic rings. The molecule has 3 N–H and O–H groups in total. The molecular weight excluding hydrogens is 411 g/mol. The SMILES string of the molecule is Cc1cccc(C)c1NC(=O)CN1NC2C3CC(c4ccc(F)cc4)NN3C=CN2C1=O. The highest BCUT2D eigenvalue weighted by molar-refractivity contribution is 5.95. The van der Waals surface area contributed by atoms with Crippen molar-refractivity contribution in [1.29, 1.82) is 0 Å². The lowest BCUT2D eigenvalue weighted by Crippen LogP contribution is -2.54. The Balaban J connectivity index is 1.26. The third kappa shape index (κ3) is 3.59. The second kappa shape index (κ2) is 7.92. The summed E-state index contributed by atoms with van der Waals surface area (Å²) in [4.78, 5) is 27.2. The number of hydrogen-bond donors (Lipinski definition) is 3. The van der Waals surface area contributed by atoms with E-state index in [0.717, 1.165) is 28.8 Å². The van der Waals surface area contributed by atoms with Crippen molar-refractivity contribution in [1.82, 2.24) is 25.8 Å². The van der Waals surface area contributed by atoms with E-state index in [1.54, 1.807) is 23.2 Å². The van der Waals surface area contributed by atoms with E-state index in [1.807, 2.05) is 43.3 Å². The van der Waals surface area contributed by atoms with Crippen LogP contribution in [-0.2, 0) is 4.79 Å². The summed E-state index contributed by atoms with van der Waals surface area (Å²) < 4.78 is 13.3. The highest BCUT2D eigenvalue weighted by Crippen LogP contribution is 2.34. The van der Waals surface area contributed by atoms with Crippen LogP contribution in [0.4, 0.5) is 14.9 Å². The van der Waals surface area contributed by atoms with Crippen molar-refractivity contribution >= 4 is 17.6 Å². The second-order valence-electron chi connectivity index (χ2n) is 8.41. The second-order valence-corrected chi connectivity index (χ2v) is 8.41. The van der Waals surface area contributed by atoms with E-state index in [2.05, 4.69) is 16.2 Å². The predicted molar refractivity (Wildman–Crippen MR) is 117 cm³/mol. The molecule has 0 spiro atoms. The van der Waals surface area contributed by atoms with Gasteiger partial charge in [0.05, 0.1) is 12.1 Å². The molecule has 32 heavy (non-hydrogen) atoms. The fourth-order valence-electron chi connectivity index (χ4n) is 4.58. The monoisotopic (exact) mass is 436 g/mol. The number of carbonyl (C=O) groups is 2. The van der Waals surface area contributed by atoms with Crippen LogP contribution in [0, 0.1) is 19.7 Å². The van der Waals surface area contributed by atoms with Crippen molar-refractivity contribution in [3.63, 3.8) is 0 Å². The van der Waals surface area contributed by atoms with Gasteiger partial charge in [-0.25, -0.2) is 25.0 Å². The number of rotatable bonds is 4. The summed E-state index contributed by atoms with van der Waals surface area (Å²) in [5.74, 6) is -0.536. The normalized spacial score (nSPS) is 24.0. The van der Waals surface area contributed by atoms with Gasteiger partial charge < -0.3 is 10.3 Å². The number of amides is 3. The number of halogens is 1. The van der Waals surface area contributed by atoms with Gasteiger partial charge in [-0.3, -0.25) is 9.69 Å². The number of hydrazine groups is 2. The third-order valence-electron chi connectivity index (χ3n) is 6.25. The van der Waals surface area contributed by atoms with E-state index in [9.17, 15) is 14.0 Å². The number of carbonyl (C=O) groups excluding carboxylic acids is 2. The molecule has 3 heterocycles. The van der Waals surface area contributed by atoms with Gasteiger partial charge in [0.25, 0.3) is 0 Å². The molecule has 0 radical (unpaired) electrons. The number of nitrogens with zero attached hydrogens (tertiary/aromatic N) is 3. The van der Waals surface area contributed by atoms with Crippen LogP contribution in [0.5, 0.6) is 0 Å². The zero-order valence-electron chi connectivity index (χ0n) is 17.9. The maximum absolute atomic E-state index is 13.3. The van der Waals surface area contributed by atoms with Crippen LogP contribution < -0.4 is 16.2 Å². The molecule has 9 heteroatoms. The Morgan fingerprint density at radius 2 is 1.81 bits per heavy atom. The summed E-state index contributed by atoms with van der Waals surface area (Å²) in [6.45, 7) is 3.77. The molecule has 3 amide bonds. The van der Waals surface area contributed by atoms with Crippen LogP contribution in [-0.4, -0.2) is 45.6 Å². The Morgan fingerprint density at radius 1 is 1.09 bits per heavy atom. The maximum atomic E-state index is 13.3. The average Bonchev–Trinajstić information content (AvgIpc) is 3.33. The highest BCUT2D eigenvalue weighted by Gasteiger charge is 2.48. The third-order valence-corrected chi connectivity index (χ3v) is 6.25. The standard InChI is InChI=1S/C23H25FN6O2/c1-14-4-3-5-15(2)21(14)25-20(31)13-30-23(32)28-10-11-29-19(22(28)27-30)12-18(26-29)16-6-8-17(24)9-7-16/h3-11,18-19,22,26-27H,12-13H2,1-2H3,(H,25,31). The molecule has 2 saturated heterocycles. The number of anilines is 1. The fourth-order valence-corrected chi connectivity index (χ4v) is 4.58. The Kier molecular flexibility index (Phi) is 5.07. The number of benzene rings is 2. The largest absolute Gasteiger partial charge is 0.340 e. The summed E-state index contributed by atoms with van der Waals surface area (Å²) in [5, 5.41) is 6.25. The number of fused-ring (bicyclic) bond motifs is 3. The molecule has 2 aromatic carbocycles. The molecule has 8 nitrogen and oxygen atoms in total. The lowest BCUT2D eigenvalue weighted by atomic mass is 10.00. The first-order valence-corrected chi connectivity index (χ1v) is 10.6. The minimum Gasteiger partial charge on any atom is -0.324 e. The molecular formula is C23H25FN6O2. The zero-order chi connectivity index (χ0) is 22.4. The molecule has 3 atom stereocenters. The quantitative estimate of drug-likeness (QED) is 0.687.